The molecule has 31 heavy (non-hydrogen) atoms. The summed E-state index contributed by atoms with van der Waals surface area (Å²) < 4.78 is 7.54. The molecule has 3 heterocycles. The standard InChI is InChI=1S/C25H22N4O2/c1-28-16-21(20-13-19(31-2)10-11-23(20)28)24-14-22(17-7-4-3-5-8-17)27-29(24)25(30)18-9-6-12-26-15-18/h3-13,15-16,24H,14H2,1-2H3. The Morgan fingerprint density at radius 3 is 2.68 bits per heavy atom. The third-order valence-electron chi connectivity index (χ3n) is 5.72. The highest BCUT2D eigenvalue weighted by Crippen LogP contribution is 2.39. The van der Waals surface area contributed by atoms with Gasteiger partial charge in [-0.1, -0.05) is 30.3 Å². The van der Waals surface area contributed by atoms with Crippen molar-refractivity contribution < 1.29 is 9.53 Å². The lowest BCUT2D eigenvalue weighted by Gasteiger charge is -2.21. The fourth-order valence-electron chi connectivity index (χ4n) is 4.16. The van der Waals surface area contributed by atoms with Gasteiger partial charge in [-0.05, 0) is 35.9 Å². The Hall–Kier alpha value is -3.93. The number of hydrazone groups is 1. The van der Waals surface area contributed by atoms with E-state index in [0.717, 1.165) is 33.5 Å². The highest BCUT2D eigenvalue weighted by Gasteiger charge is 2.35. The molecule has 0 fully saturated rings. The van der Waals surface area contributed by atoms with E-state index in [1.165, 1.54) is 0 Å². The van der Waals surface area contributed by atoms with Gasteiger partial charge in [-0.25, -0.2) is 5.01 Å². The smallest absolute Gasteiger partial charge is 0.276 e. The summed E-state index contributed by atoms with van der Waals surface area (Å²) in [5.41, 5.74) is 4.55. The van der Waals surface area contributed by atoms with Gasteiger partial charge < -0.3 is 9.30 Å². The Balaban J connectivity index is 1.63. The predicted octanol–water partition coefficient (Wildman–Crippen LogP) is 4.57. The fraction of sp³-hybridized carbons (Fsp3) is 0.160. The zero-order valence-electron chi connectivity index (χ0n) is 17.4. The average molecular weight is 410 g/mol. The van der Waals surface area contributed by atoms with Crippen LogP contribution in [0, 0.1) is 0 Å². The van der Waals surface area contributed by atoms with Crippen LogP contribution in [0.2, 0.25) is 0 Å². The van der Waals surface area contributed by atoms with Crippen LogP contribution in [0.25, 0.3) is 10.9 Å². The van der Waals surface area contributed by atoms with Crippen molar-refractivity contribution in [2.24, 2.45) is 12.1 Å². The van der Waals surface area contributed by atoms with Crippen LogP contribution in [0.4, 0.5) is 0 Å². The number of rotatable bonds is 4. The third-order valence-corrected chi connectivity index (χ3v) is 5.72. The van der Waals surface area contributed by atoms with Crippen LogP contribution in [0.1, 0.15) is 33.9 Å². The molecule has 0 radical (unpaired) electrons. The lowest BCUT2D eigenvalue weighted by atomic mass is 9.97. The van der Waals surface area contributed by atoms with Crippen LogP contribution >= 0.6 is 0 Å². The number of nitrogens with zero attached hydrogens (tertiary/aromatic N) is 4. The van der Waals surface area contributed by atoms with Gasteiger partial charge >= 0.3 is 0 Å². The molecular weight excluding hydrogens is 388 g/mol. The summed E-state index contributed by atoms with van der Waals surface area (Å²) in [5, 5.41) is 7.44. The van der Waals surface area contributed by atoms with E-state index >= 15 is 0 Å². The number of ether oxygens (including phenoxy) is 1. The van der Waals surface area contributed by atoms with Gasteiger partial charge in [-0.2, -0.15) is 5.10 Å². The van der Waals surface area contributed by atoms with E-state index in [-0.39, 0.29) is 11.9 Å². The van der Waals surface area contributed by atoms with Crippen LogP contribution in [-0.2, 0) is 7.05 Å². The molecular formula is C25H22N4O2. The Morgan fingerprint density at radius 2 is 1.94 bits per heavy atom. The first kappa shape index (κ1) is 19.1. The van der Waals surface area contributed by atoms with Crippen molar-refractivity contribution in [1.82, 2.24) is 14.6 Å². The Morgan fingerprint density at radius 1 is 1.10 bits per heavy atom. The minimum Gasteiger partial charge on any atom is -0.497 e. The zero-order chi connectivity index (χ0) is 21.4. The molecule has 0 bridgehead atoms. The Labute approximate surface area is 180 Å². The van der Waals surface area contributed by atoms with Gasteiger partial charge in [0.1, 0.15) is 5.75 Å². The Bertz CT molecular complexity index is 1280. The topological polar surface area (TPSA) is 59.7 Å². The summed E-state index contributed by atoms with van der Waals surface area (Å²) in [6.45, 7) is 0. The van der Waals surface area contributed by atoms with E-state index in [1.54, 1.807) is 36.6 Å². The molecule has 0 aliphatic carbocycles. The van der Waals surface area contributed by atoms with E-state index in [1.807, 2.05) is 55.6 Å². The van der Waals surface area contributed by atoms with Crippen LogP contribution in [0.3, 0.4) is 0 Å². The zero-order valence-corrected chi connectivity index (χ0v) is 17.4. The van der Waals surface area contributed by atoms with Crippen LogP contribution in [0.15, 0.2) is 84.4 Å². The van der Waals surface area contributed by atoms with Crippen LogP contribution in [-0.4, -0.2) is 33.3 Å². The number of aryl methyl sites for hydroxylation is 1. The number of pyridine rings is 1. The number of carbonyl (C=O) groups excluding carboxylic acids is 1. The minimum atomic E-state index is -0.223. The van der Waals surface area contributed by atoms with Crippen molar-refractivity contribution in [1.29, 1.82) is 0 Å². The predicted molar refractivity (Wildman–Crippen MR) is 120 cm³/mol. The maximum absolute atomic E-state index is 13.4. The third kappa shape index (κ3) is 3.36. The van der Waals surface area contributed by atoms with Gasteiger partial charge in [0, 0.05) is 48.5 Å². The number of hydrogen-bond donors (Lipinski definition) is 0. The molecule has 1 aliphatic rings. The second kappa shape index (κ2) is 7.72. The van der Waals surface area contributed by atoms with Crippen LogP contribution in [0.5, 0.6) is 5.75 Å². The summed E-state index contributed by atoms with van der Waals surface area (Å²) in [6.07, 6.45) is 5.96. The van der Waals surface area contributed by atoms with E-state index in [4.69, 9.17) is 9.84 Å². The molecule has 6 heteroatoms. The summed E-state index contributed by atoms with van der Waals surface area (Å²) in [6, 6.07) is 19.3. The summed E-state index contributed by atoms with van der Waals surface area (Å²) in [4.78, 5) is 17.5. The summed E-state index contributed by atoms with van der Waals surface area (Å²) in [7, 11) is 3.67. The molecule has 5 rings (SSSR count). The first-order chi connectivity index (χ1) is 15.2. The molecule has 154 valence electrons. The molecule has 1 unspecified atom stereocenters. The number of carbonyl (C=O) groups is 1. The molecule has 1 atom stereocenters. The normalized spacial score (nSPS) is 15.9. The van der Waals surface area contributed by atoms with Gasteiger partial charge in [0.25, 0.3) is 5.91 Å². The number of hydrogen-bond acceptors (Lipinski definition) is 4. The number of amides is 1. The van der Waals surface area contributed by atoms with Gasteiger partial charge in [0.15, 0.2) is 0 Å². The maximum Gasteiger partial charge on any atom is 0.276 e. The fourth-order valence-corrected chi connectivity index (χ4v) is 4.16. The highest BCUT2D eigenvalue weighted by molar-refractivity contribution is 6.05. The molecule has 0 N–H and O–H groups in total. The first-order valence-corrected chi connectivity index (χ1v) is 10.1. The monoisotopic (exact) mass is 410 g/mol. The lowest BCUT2D eigenvalue weighted by molar-refractivity contribution is 0.0711. The second-order valence-electron chi connectivity index (χ2n) is 7.60. The number of fused-ring (bicyclic) bond motifs is 1. The van der Waals surface area contributed by atoms with Crippen LogP contribution < -0.4 is 4.74 Å². The van der Waals surface area contributed by atoms with Gasteiger partial charge in [-0.15, -0.1) is 0 Å². The van der Waals surface area contributed by atoms with Gasteiger partial charge in [0.05, 0.1) is 24.4 Å². The van der Waals surface area contributed by atoms with Crippen molar-refractivity contribution >= 4 is 22.5 Å². The molecule has 0 saturated carbocycles. The summed E-state index contributed by atoms with van der Waals surface area (Å²) in [5.74, 6) is 0.621. The Kier molecular flexibility index (Phi) is 4.75. The van der Waals surface area contributed by atoms with Gasteiger partial charge in [0.2, 0.25) is 0 Å². The van der Waals surface area contributed by atoms with Crippen molar-refractivity contribution in [3.63, 3.8) is 0 Å². The first-order valence-electron chi connectivity index (χ1n) is 10.1. The van der Waals surface area contributed by atoms with E-state index in [2.05, 4.69) is 15.7 Å². The quantitative estimate of drug-likeness (QED) is 0.495. The van der Waals surface area contributed by atoms with Crippen molar-refractivity contribution in [2.45, 2.75) is 12.5 Å². The second-order valence-corrected chi connectivity index (χ2v) is 7.60. The number of methoxy groups -OCH3 is 1. The molecule has 0 saturated heterocycles. The highest BCUT2D eigenvalue weighted by atomic mass is 16.5. The average Bonchev–Trinajstić information content (AvgIpc) is 3.41. The molecule has 2 aromatic heterocycles. The summed E-state index contributed by atoms with van der Waals surface area (Å²) >= 11 is 0. The SMILES string of the molecule is COc1ccc2c(c1)c(C1CC(c3ccccc3)=NN1C(=O)c1cccnc1)cn2C. The van der Waals surface area contributed by atoms with E-state index in [9.17, 15) is 4.79 Å². The lowest BCUT2D eigenvalue weighted by Crippen LogP contribution is -2.27. The van der Waals surface area contributed by atoms with Crippen molar-refractivity contribution in [2.75, 3.05) is 7.11 Å². The maximum atomic E-state index is 13.4. The minimum absolute atomic E-state index is 0.163. The molecule has 6 nitrogen and oxygen atoms in total. The molecule has 4 aromatic rings. The van der Waals surface area contributed by atoms with Crippen molar-refractivity contribution in [3.8, 4) is 5.75 Å². The largest absolute Gasteiger partial charge is 0.497 e. The number of aromatic nitrogens is 2. The van der Waals surface area contributed by atoms with E-state index < -0.39 is 0 Å². The molecule has 2 aromatic carbocycles. The van der Waals surface area contributed by atoms with Crippen molar-refractivity contribution in [3.05, 3.63) is 95.9 Å². The number of benzene rings is 2. The molecule has 1 amide bonds. The van der Waals surface area contributed by atoms with E-state index in [0.29, 0.717) is 12.0 Å². The molecule has 0 spiro atoms. The van der Waals surface area contributed by atoms with Gasteiger partial charge in [-0.3, -0.25) is 9.78 Å². The molecule has 1 aliphatic heterocycles.